The third-order valence-corrected chi connectivity index (χ3v) is 4.41. The summed E-state index contributed by atoms with van der Waals surface area (Å²) in [4.78, 5) is 16.4. The van der Waals surface area contributed by atoms with Gasteiger partial charge in [-0.25, -0.2) is 0 Å². The molecule has 19 heavy (non-hydrogen) atoms. The van der Waals surface area contributed by atoms with Crippen LogP contribution in [0, 0.1) is 6.92 Å². The van der Waals surface area contributed by atoms with Crippen LogP contribution < -0.4 is 0 Å². The zero-order chi connectivity index (χ0) is 13.8. The fraction of sp³-hybridized carbons (Fsp3) is 0.533. The van der Waals surface area contributed by atoms with Crippen LogP contribution in [-0.4, -0.2) is 48.9 Å². The Hall–Kier alpha value is -0.870. The number of carbonyl (C=O) groups excluding carboxylic acids is 1. The zero-order valence-electron chi connectivity index (χ0n) is 11.7. The van der Waals surface area contributed by atoms with Crippen LogP contribution in [0.4, 0.5) is 0 Å². The van der Waals surface area contributed by atoms with E-state index in [9.17, 15) is 4.79 Å². The Morgan fingerprint density at radius 3 is 2.58 bits per heavy atom. The van der Waals surface area contributed by atoms with Crippen molar-refractivity contribution in [2.75, 3.05) is 33.2 Å². The molecule has 4 heteroatoms. The van der Waals surface area contributed by atoms with Crippen LogP contribution >= 0.6 is 15.9 Å². The second-order valence-electron chi connectivity index (χ2n) is 5.28. The Bertz CT molecular complexity index is 453. The lowest BCUT2D eigenvalue weighted by molar-refractivity contribution is -0.132. The van der Waals surface area contributed by atoms with Gasteiger partial charge in [0.05, 0.1) is 0 Å². The first kappa shape index (κ1) is 14.5. The van der Waals surface area contributed by atoms with E-state index >= 15 is 0 Å². The first-order chi connectivity index (χ1) is 9.06. The monoisotopic (exact) mass is 324 g/mol. The summed E-state index contributed by atoms with van der Waals surface area (Å²) in [5, 5.41) is 0. The number of rotatable bonds is 3. The molecule has 0 atom stereocenters. The number of amides is 1. The Morgan fingerprint density at radius 1 is 1.26 bits per heavy atom. The van der Waals surface area contributed by atoms with Gasteiger partial charge < -0.3 is 9.80 Å². The second kappa shape index (κ2) is 6.53. The van der Waals surface area contributed by atoms with Crippen LogP contribution in [0.5, 0.6) is 0 Å². The van der Waals surface area contributed by atoms with Gasteiger partial charge in [-0.15, -0.1) is 0 Å². The van der Waals surface area contributed by atoms with Crippen LogP contribution in [0.1, 0.15) is 17.5 Å². The highest BCUT2D eigenvalue weighted by atomic mass is 79.9. The molecule has 0 spiro atoms. The van der Waals surface area contributed by atoms with Crippen molar-refractivity contribution in [2.45, 2.75) is 19.8 Å². The molecule has 1 aromatic rings. The number of hydrogen-bond donors (Lipinski definition) is 0. The number of halogens is 1. The van der Waals surface area contributed by atoms with E-state index in [2.05, 4.69) is 53.0 Å². The lowest BCUT2D eigenvalue weighted by Gasteiger charge is -2.32. The molecular formula is C15H21BrN2O. The third-order valence-electron chi connectivity index (χ3n) is 3.67. The normalized spacial score (nSPS) is 16.7. The molecule has 0 unspecified atom stereocenters. The van der Waals surface area contributed by atoms with Crippen molar-refractivity contribution in [1.29, 1.82) is 0 Å². The maximum atomic E-state index is 12.1. The molecule has 3 nitrogen and oxygen atoms in total. The third kappa shape index (κ3) is 4.05. The lowest BCUT2D eigenvalue weighted by Crippen LogP contribution is -2.47. The lowest BCUT2D eigenvalue weighted by atomic mass is 10.1. The number of piperazine rings is 1. The van der Waals surface area contributed by atoms with Gasteiger partial charge >= 0.3 is 0 Å². The van der Waals surface area contributed by atoms with E-state index in [1.54, 1.807) is 0 Å². The molecule has 104 valence electrons. The van der Waals surface area contributed by atoms with Gasteiger partial charge in [-0.1, -0.05) is 28.1 Å². The van der Waals surface area contributed by atoms with E-state index in [1.807, 2.05) is 4.90 Å². The highest BCUT2D eigenvalue weighted by Gasteiger charge is 2.18. The van der Waals surface area contributed by atoms with Gasteiger partial charge in [-0.05, 0) is 37.6 Å². The summed E-state index contributed by atoms with van der Waals surface area (Å²) in [5.74, 6) is 0.278. The van der Waals surface area contributed by atoms with Crippen LogP contribution in [0.2, 0.25) is 0 Å². The minimum Gasteiger partial charge on any atom is -0.340 e. The Morgan fingerprint density at radius 2 is 1.95 bits per heavy atom. The molecule has 1 amide bonds. The molecular weight excluding hydrogens is 304 g/mol. The molecule has 1 saturated heterocycles. The number of nitrogens with zero attached hydrogens (tertiary/aromatic N) is 2. The fourth-order valence-electron chi connectivity index (χ4n) is 2.31. The molecule has 0 N–H and O–H groups in total. The summed E-state index contributed by atoms with van der Waals surface area (Å²) in [5.41, 5.74) is 2.45. The molecule has 1 aliphatic rings. The summed E-state index contributed by atoms with van der Waals surface area (Å²) in [6.07, 6.45) is 1.41. The largest absolute Gasteiger partial charge is 0.340 e. The Labute approximate surface area is 123 Å². The van der Waals surface area contributed by atoms with Crippen molar-refractivity contribution in [1.82, 2.24) is 9.80 Å². The average Bonchev–Trinajstić information content (AvgIpc) is 2.38. The van der Waals surface area contributed by atoms with Gasteiger partial charge in [0.1, 0.15) is 0 Å². The highest BCUT2D eigenvalue weighted by molar-refractivity contribution is 9.10. The number of likely N-dealkylation sites (N-methyl/N-ethyl adjacent to an activating group) is 1. The van der Waals surface area contributed by atoms with Crippen LogP contribution in [0.25, 0.3) is 0 Å². The number of carbonyl (C=O) groups is 1. The van der Waals surface area contributed by atoms with Crippen LogP contribution in [-0.2, 0) is 11.2 Å². The average molecular weight is 325 g/mol. The molecule has 0 aromatic heterocycles. The molecule has 0 saturated carbocycles. The van der Waals surface area contributed by atoms with Crippen molar-refractivity contribution in [3.63, 3.8) is 0 Å². The topological polar surface area (TPSA) is 23.6 Å². The molecule has 1 aliphatic heterocycles. The number of aryl methyl sites for hydroxylation is 2. The Kier molecular flexibility index (Phi) is 4.99. The molecule has 2 rings (SSSR count). The maximum absolute atomic E-state index is 12.1. The summed E-state index contributed by atoms with van der Waals surface area (Å²) < 4.78 is 1.11. The van der Waals surface area contributed by atoms with E-state index < -0.39 is 0 Å². The van der Waals surface area contributed by atoms with E-state index in [1.165, 1.54) is 11.1 Å². The predicted octanol–water partition coefficient (Wildman–Crippen LogP) is 2.46. The van der Waals surface area contributed by atoms with Crippen LogP contribution in [0.15, 0.2) is 22.7 Å². The first-order valence-electron chi connectivity index (χ1n) is 6.77. The first-order valence-corrected chi connectivity index (χ1v) is 7.57. The molecule has 0 aliphatic carbocycles. The van der Waals surface area contributed by atoms with Gasteiger partial charge in [0.25, 0.3) is 0 Å². The number of benzene rings is 1. The minimum absolute atomic E-state index is 0.278. The predicted molar refractivity (Wildman–Crippen MR) is 81.3 cm³/mol. The van der Waals surface area contributed by atoms with E-state index in [0.717, 1.165) is 37.1 Å². The van der Waals surface area contributed by atoms with Crippen LogP contribution in [0.3, 0.4) is 0 Å². The van der Waals surface area contributed by atoms with Gasteiger partial charge in [0.15, 0.2) is 0 Å². The SMILES string of the molecule is Cc1ccc(CCC(=O)N2CCN(C)CC2)c(Br)c1. The fourth-order valence-corrected chi connectivity index (χ4v) is 3.00. The van der Waals surface area contributed by atoms with E-state index in [-0.39, 0.29) is 5.91 Å². The van der Waals surface area contributed by atoms with Gasteiger partial charge in [0, 0.05) is 37.1 Å². The quantitative estimate of drug-likeness (QED) is 0.852. The molecule has 0 radical (unpaired) electrons. The Balaban J connectivity index is 1.86. The molecule has 0 bridgehead atoms. The smallest absolute Gasteiger partial charge is 0.222 e. The minimum atomic E-state index is 0.278. The summed E-state index contributed by atoms with van der Waals surface area (Å²) in [6, 6.07) is 6.31. The standard InChI is InChI=1S/C15H21BrN2O/c1-12-3-4-13(14(16)11-12)5-6-15(19)18-9-7-17(2)8-10-18/h3-4,11H,5-10H2,1-2H3. The highest BCUT2D eigenvalue weighted by Crippen LogP contribution is 2.20. The van der Waals surface area contributed by atoms with Crippen molar-refractivity contribution < 1.29 is 4.79 Å². The van der Waals surface area contributed by atoms with Gasteiger partial charge in [0.2, 0.25) is 5.91 Å². The van der Waals surface area contributed by atoms with E-state index in [4.69, 9.17) is 0 Å². The zero-order valence-corrected chi connectivity index (χ0v) is 13.2. The van der Waals surface area contributed by atoms with Gasteiger partial charge in [-0.3, -0.25) is 4.79 Å². The molecule has 1 heterocycles. The van der Waals surface area contributed by atoms with Crippen molar-refractivity contribution in [3.8, 4) is 0 Å². The van der Waals surface area contributed by atoms with E-state index in [0.29, 0.717) is 6.42 Å². The number of hydrogen-bond acceptors (Lipinski definition) is 2. The summed E-state index contributed by atoms with van der Waals surface area (Å²) in [7, 11) is 2.10. The molecule has 1 fully saturated rings. The van der Waals surface area contributed by atoms with Crippen molar-refractivity contribution in [2.24, 2.45) is 0 Å². The van der Waals surface area contributed by atoms with Crippen molar-refractivity contribution >= 4 is 21.8 Å². The molecule has 1 aromatic carbocycles. The van der Waals surface area contributed by atoms with Crippen molar-refractivity contribution in [3.05, 3.63) is 33.8 Å². The maximum Gasteiger partial charge on any atom is 0.222 e. The van der Waals surface area contributed by atoms with Gasteiger partial charge in [-0.2, -0.15) is 0 Å². The second-order valence-corrected chi connectivity index (χ2v) is 6.13. The summed E-state index contributed by atoms with van der Waals surface area (Å²) in [6.45, 7) is 5.78. The summed E-state index contributed by atoms with van der Waals surface area (Å²) >= 11 is 3.57.